The Balaban J connectivity index is 2.28. The van der Waals surface area contributed by atoms with Crippen LogP contribution in [0.15, 0.2) is 11.3 Å². The molecule has 78 heavy (non-hydrogen) atoms. The van der Waals surface area contributed by atoms with Crippen molar-refractivity contribution in [2.45, 2.75) is 303 Å². The molecule has 0 unspecified atom stereocenters. The minimum Gasteiger partial charge on any atom is -0.498 e. The fourth-order valence-electron chi connectivity index (χ4n) is 10.0. The molecular weight excluding hydrogens is 975 g/mol. The predicted octanol–water partition coefficient (Wildman–Crippen LogP) is 17.1. The van der Waals surface area contributed by atoms with Crippen molar-refractivity contribution in [1.29, 1.82) is 0 Å². The number of esters is 2. The minimum atomic E-state index is -0.1000. The van der Waals surface area contributed by atoms with Gasteiger partial charge in [-0.1, -0.05) is 194 Å². The van der Waals surface area contributed by atoms with Gasteiger partial charge in [0.1, 0.15) is 0 Å². The van der Waals surface area contributed by atoms with Gasteiger partial charge in [0.05, 0.1) is 38.4 Å². The van der Waals surface area contributed by atoms with Gasteiger partial charge in [0.2, 0.25) is 0 Å². The Morgan fingerprint density at radius 3 is 1.04 bits per heavy atom. The normalized spacial score (nSPS) is 12.4. The quantitative estimate of drug-likeness (QED) is 0.0344. The molecule has 0 aromatic carbocycles. The summed E-state index contributed by atoms with van der Waals surface area (Å²) in [6.45, 7) is 20.1. The number of nitrogens with one attached hydrogen (secondary N) is 2. The highest BCUT2D eigenvalue weighted by Gasteiger charge is 2.18. The van der Waals surface area contributed by atoms with E-state index in [2.05, 4.69) is 36.3 Å². The van der Waals surface area contributed by atoms with Crippen molar-refractivity contribution < 1.29 is 38.0 Å². The predicted molar refractivity (Wildman–Crippen MR) is 330 cm³/mol. The fourth-order valence-corrected chi connectivity index (χ4v) is 10.0. The Kier molecular flexibility index (Phi) is 59.8. The van der Waals surface area contributed by atoms with Gasteiger partial charge in [0.15, 0.2) is 0 Å². The second-order valence-electron chi connectivity index (χ2n) is 23.0. The summed E-state index contributed by atoms with van der Waals surface area (Å²) in [5.74, 6) is 1.04. The molecule has 1 rings (SSSR count). The molecule has 0 atom stereocenters. The SMILES string of the molecule is CCCCCCCCOCCCCCCCCOC(=O)CCNCCCNCCCN(CCC(=O)OCCCCCCCCOCCCCCCCC)CCC(OCCCCCCCCOCCCCCCCC)=C1CCC1. The van der Waals surface area contributed by atoms with Crippen molar-refractivity contribution in [3.8, 4) is 0 Å². The van der Waals surface area contributed by atoms with Crippen molar-refractivity contribution in [1.82, 2.24) is 15.5 Å². The van der Waals surface area contributed by atoms with E-state index in [9.17, 15) is 9.59 Å². The van der Waals surface area contributed by atoms with Crippen LogP contribution in [0.1, 0.15) is 303 Å². The number of carbonyl (C=O) groups is 2. The van der Waals surface area contributed by atoms with Gasteiger partial charge in [0.25, 0.3) is 0 Å². The van der Waals surface area contributed by atoms with E-state index in [0.29, 0.717) is 39.1 Å². The Morgan fingerprint density at radius 2 is 0.654 bits per heavy atom. The summed E-state index contributed by atoms with van der Waals surface area (Å²) in [4.78, 5) is 27.6. The van der Waals surface area contributed by atoms with Crippen LogP contribution in [0.3, 0.4) is 0 Å². The lowest BCUT2D eigenvalue weighted by atomic mass is 9.90. The summed E-state index contributed by atoms with van der Waals surface area (Å²) in [6.07, 6.45) is 52.1. The molecule has 0 heterocycles. The third-order valence-corrected chi connectivity index (χ3v) is 15.5. The lowest BCUT2D eigenvalue weighted by Gasteiger charge is -2.26. The van der Waals surface area contributed by atoms with Crippen LogP contribution in [0, 0.1) is 0 Å². The van der Waals surface area contributed by atoms with Crippen LogP contribution in [-0.4, -0.2) is 122 Å². The first-order valence-electron chi connectivity index (χ1n) is 34.1. The van der Waals surface area contributed by atoms with E-state index < -0.39 is 0 Å². The number of nitrogens with zero attached hydrogens (tertiary/aromatic N) is 1. The maximum absolute atomic E-state index is 12.9. The standard InChI is InChI=1S/C67H131N3O8/c1-4-7-10-13-22-31-55-73-58-34-25-16-19-28-37-61-76-65(64-43-40-44-64)46-53-70(54-47-67(72)78-63-39-30-21-18-27-36-60-75-57-33-24-15-12-9-6-3)52-42-50-68-48-41-49-69-51-45-66(71)77-62-38-29-20-17-26-35-59-74-56-32-23-14-11-8-5-2/h68-69H,4-63H2,1-3H3. The summed E-state index contributed by atoms with van der Waals surface area (Å²) in [7, 11) is 0. The average molecular weight is 1110 g/mol. The highest BCUT2D eigenvalue weighted by molar-refractivity contribution is 5.69. The van der Waals surface area contributed by atoms with Gasteiger partial charge in [-0.3, -0.25) is 9.59 Å². The smallest absolute Gasteiger partial charge is 0.307 e. The molecule has 0 bridgehead atoms. The lowest BCUT2D eigenvalue weighted by molar-refractivity contribution is -0.144. The second-order valence-corrected chi connectivity index (χ2v) is 23.0. The molecule has 1 fully saturated rings. The molecule has 462 valence electrons. The molecule has 0 aliphatic heterocycles. The highest BCUT2D eigenvalue weighted by atomic mass is 16.5. The van der Waals surface area contributed by atoms with E-state index in [1.807, 2.05) is 0 Å². The van der Waals surface area contributed by atoms with E-state index in [1.54, 1.807) is 0 Å². The highest BCUT2D eigenvalue weighted by Crippen LogP contribution is 2.31. The second kappa shape index (κ2) is 62.8. The molecular formula is C67H131N3O8. The Morgan fingerprint density at radius 1 is 0.333 bits per heavy atom. The van der Waals surface area contributed by atoms with Crippen molar-refractivity contribution in [3.05, 3.63) is 11.3 Å². The van der Waals surface area contributed by atoms with Crippen molar-refractivity contribution in [3.63, 3.8) is 0 Å². The summed E-state index contributed by atoms with van der Waals surface area (Å²) >= 11 is 0. The third kappa shape index (κ3) is 54.8. The van der Waals surface area contributed by atoms with Crippen LogP contribution in [0.2, 0.25) is 0 Å². The van der Waals surface area contributed by atoms with Crippen molar-refractivity contribution in [2.24, 2.45) is 0 Å². The minimum absolute atomic E-state index is 0.0762. The molecule has 0 saturated heterocycles. The lowest BCUT2D eigenvalue weighted by Crippen LogP contribution is -2.32. The van der Waals surface area contributed by atoms with Gasteiger partial charge in [-0.25, -0.2) is 0 Å². The number of rotatable bonds is 66. The first kappa shape index (κ1) is 74.3. The molecule has 1 saturated carbocycles. The van der Waals surface area contributed by atoms with Crippen LogP contribution < -0.4 is 10.6 Å². The van der Waals surface area contributed by atoms with Crippen molar-refractivity contribution >= 4 is 11.9 Å². The summed E-state index contributed by atoms with van der Waals surface area (Å²) in [5.41, 5.74) is 1.51. The van der Waals surface area contributed by atoms with Crippen LogP contribution >= 0.6 is 0 Å². The molecule has 0 aromatic rings. The maximum Gasteiger partial charge on any atom is 0.307 e. The molecule has 1 aliphatic rings. The molecule has 11 nitrogen and oxygen atoms in total. The molecule has 2 N–H and O–H groups in total. The van der Waals surface area contributed by atoms with E-state index in [4.69, 9.17) is 28.4 Å². The van der Waals surface area contributed by atoms with Gasteiger partial charge in [-0.05, 0) is 122 Å². The molecule has 1 aliphatic carbocycles. The van der Waals surface area contributed by atoms with Gasteiger partial charge < -0.3 is 44.0 Å². The zero-order valence-electron chi connectivity index (χ0n) is 52.1. The number of hydrogen-bond donors (Lipinski definition) is 2. The van der Waals surface area contributed by atoms with Gasteiger partial charge in [-0.2, -0.15) is 0 Å². The number of unbranched alkanes of at least 4 members (excludes halogenated alkanes) is 30. The number of ether oxygens (including phenoxy) is 6. The molecule has 0 spiro atoms. The molecule has 11 heteroatoms. The van der Waals surface area contributed by atoms with Crippen LogP contribution in [0.25, 0.3) is 0 Å². The molecule has 0 aromatic heterocycles. The number of carbonyl (C=O) groups excluding carboxylic acids is 2. The summed E-state index contributed by atoms with van der Waals surface area (Å²) in [6, 6.07) is 0. The van der Waals surface area contributed by atoms with E-state index in [-0.39, 0.29) is 11.9 Å². The van der Waals surface area contributed by atoms with Crippen LogP contribution in [0.5, 0.6) is 0 Å². The van der Waals surface area contributed by atoms with Gasteiger partial charge in [-0.15, -0.1) is 0 Å². The number of allylic oxidation sites excluding steroid dienone is 1. The fraction of sp³-hybridized carbons (Fsp3) is 0.940. The zero-order valence-corrected chi connectivity index (χ0v) is 52.1. The van der Waals surface area contributed by atoms with E-state index >= 15 is 0 Å². The van der Waals surface area contributed by atoms with Gasteiger partial charge >= 0.3 is 11.9 Å². The summed E-state index contributed by atoms with van der Waals surface area (Å²) in [5, 5.41) is 7.04. The molecule has 0 amide bonds. The maximum atomic E-state index is 12.9. The Hall–Kier alpha value is -1.76. The Labute approximate surface area is 483 Å². The van der Waals surface area contributed by atoms with E-state index in [1.165, 1.54) is 204 Å². The topological polar surface area (TPSA) is 117 Å². The van der Waals surface area contributed by atoms with Gasteiger partial charge in [0, 0.05) is 65.7 Å². The van der Waals surface area contributed by atoms with E-state index in [0.717, 1.165) is 156 Å². The first-order valence-corrected chi connectivity index (χ1v) is 34.1. The van der Waals surface area contributed by atoms with Crippen molar-refractivity contribution in [2.75, 3.05) is 105 Å². The Bertz CT molecular complexity index is 1270. The average Bonchev–Trinajstić information content (AvgIpc) is 3.42. The largest absolute Gasteiger partial charge is 0.498 e. The summed E-state index contributed by atoms with van der Waals surface area (Å²) < 4.78 is 35.3. The third-order valence-electron chi connectivity index (χ3n) is 15.5. The molecule has 0 radical (unpaired) electrons. The number of hydrogen-bond acceptors (Lipinski definition) is 11. The van der Waals surface area contributed by atoms with Crippen LogP contribution in [-0.2, 0) is 38.0 Å². The zero-order chi connectivity index (χ0) is 56.0. The monoisotopic (exact) mass is 1110 g/mol. The van der Waals surface area contributed by atoms with Crippen LogP contribution in [0.4, 0.5) is 0 Å². The first-order chi connectivity index (χ1) is 38.6.